The molecule has 0 saturated carbocycles. The first kappa shape index (κ1) is 21.6. The summed E-state index contributed by atoms with van der Waals surface area (Å²) in [5.41, 5.74) is -2.29. The van der Waals surface area contributed by atoms with Gasteiger partial charge in [0.25, 0.3) is 0 Å². The van der Waals surface area contributed by atoms with Gasteiger partial charge in [0.15, 0.2) is 5.69 Å². The Morgan fingerprint density at radius 3 is 2.29 bits per heavy atom. The first-order chi connectivity index (χ1) is 13.0. The Balaban J connectivity index is 2.67. The van der Waals surface area contributed by atoms with E-state index in [-0.39, 0.29) is 16.0 Å². The van der Waals surface area contributed by atoms with Gasteiger partial charge in [-0.1, -0.05) is 35.3 Å². The van der Waals surface area contributed by atoms with Gasteiger partial charge in [0, 0.05) is 24.6 Å². The maximum atomic E-state index is 13.6. The highest BCUT2D eigenvalue weighted by Gasteiger charge is 2.43. The highest BCUT2D eigenvalue weighted by molar-refractivity contribution is 6.33. The number of hydrogen-bond donors (Lipinski definition) is 0. The van der Waals surface area contributed by atoms with Crippen LogP contribution in [0.1, 0.15) is 18.2 Å². The summed E-state index contributed by atoms with van der Waals surface area (Å²) in [6, 6.07) is 7.08. The molecule has 6 nitrogen and oxygen atoms in total. The summed E-state index contributed by atoms with van der Waals surface area (Å²) in [6.07, 6.45) is -5.03. The SMILES string of the molecule is CC(=O)N(C)CC(=O)On1c(-c2ccc(Cl)cc2)c(C#N)c(Cl)c1C(F)(F)F. The molecule has 0 N–H and O–H groups in total. The van der Waals surface area contributed by atoms with Gasteiger partial charge in [-0.05, 0) is 12.1 Å². The van der Waals surface area contributed by atoms with Crippen molar-refractivity contribution >= 4 is 35.1 Å². The number of carbonyl (C=O) groups is 2. The lowest BCUT2D eigenvalue weighted by Crippen LogP contribution is -2.36. The molecular formula is C17H12Cl2F3N3O3. The van der Waals surface area contributed by atoms with Crippen molar-refractivity contribution in [1.29, 1.82) is 5.26 Å². The Morgan fingerprint density at radius 2 is 1.82 bits per heavy atom. The zero-order valence-electron chi connectivity index (χ0n) is 14.5. The van der Waals surface area contributed by atoms with Gasteiger partial charge < -0.3 is 9.74 Å². The van der Waals surface area contributed by atoms with Gasteiger partial charge in [-0.2, -0.15) is 23.2 Å². The summed E-state index contributed by atoms with van der Waals surface area (Å²) >= 11 is 11.6. The van der Waals surface area contributed by atoms with Crippen LogP contribution in [-0.4, -0.2) is 35.1 Å². The summed E-state index contributed by atoms with van der Waals surface area (Å²) < 4.78 is 40.9. The molecule has 0 spiro atoms. The van der Waals surface area contributed by atoms with Crippen molar-refractivity contribution in [2.24, 2.45) is 0 Å². The molecule has 1 aromatic carbocycles. The van der Waals surface area contributed by atoms with Crippen LogP contribution in [0.5, 0.6) is 0 Å². The van der Waals surface area contributed by atoms with Crippen LogP contribution < -0.4 is 4.84 Å². The van der Waals surface area contributed by atoms with E-state index in [1.807, 2.05) is 0 Å². The second kappa shape index (κ2) is 8.12. The second-order valence-corrected chi connectivity index (χ2v) is 6.45. The van der Waals surface area contributed by atoms with Crippen molar-refractivity contribution in [3.63, 3.8) is 0 Å². The Kier molecular flexibility index (Phi) is 6.27. The first-order valence-corrected chi connectivity index (χ1v) is 8.33. The Hall–Kier alpha value is -2.70. The van der Waals surface area contributed by atoms with Crippen LogP contribution >= 0.6 is 23.2 Å². The van der Waals surface area contributed by atoms with E-state index in [1.165, 1.54) is 38.2 Å². The molecule has 2 rings (SSSR count). The molecule has 0 radical (unpaired) electrons. The molecule has 11 heteroatoms. The zero-order chi connectivity index (χ0) is 21.2. The van der Waals surface area contributed by atoms with Crippen molar-refractivity contribution in [2.45, 2.75) is 13.1 Å². The number of halogens is 5. The fourth-order valence-corrected chi connectivity index (χ4v) is 2.70. The number of aromatic nitrogens is 1. The van der Waals surface area contributed by atoms with Gasteiger partial charge >= 0.3 is 12.1 Å². The van der Waals surface area contributed by atoms with Crippen molar-refractivity contribution < 1.29 is 27.6 Å². The van der Waals surface area contributed by atoms with Crippen molar-refractivity contribution in [1.82, 2.24) is 9.63 Å². The predicted octanol–water partition coefficient (Wildman–Crippen LogP) is 3.79. The summed E-state index contributed by atoms with van der Waals surface area (Å²) in [5, 5.41) is 8.73. The van der Waals surface area contributed by atoms with Gasteiger partial charge in [0.05, 0.1) is 5.02 Å². The molecule has 0 aliphatic rings. The number of likely N-dealkylation sites (N-methyl/N-ethyl adjacent to an activating group) is 1. The van der Waals surface area contributed by atoms with E-state index in [4.69, 9.17) is 28.0 Å². The highest BCUT2D eigenvalue weighted by atomic mass is 35.5. The number of amides is 1. The Bertz CT molecular complexity index is 963. The largest absolute Gasteiger partial charge is 0.436 e. The molecule has 0 aliphatic heterocycles. The van der Waals surface area contributed by atoms with Gasteiger partial charge in [0.2, 0.25) is 5.91 Å². The predicted molar refractivity (Wildman–Crippen MR) is 94.5 cm³/mol. The van der Waals surface area contributed by atoms with Crippen LogP contribution in [-0.2, 0) is 15.8 Å². The van der Waals surface area contributed by atoms with Crippen LogP contribution in [0.3, 0.4) is 0 Å². The lowest BCUT2D eigenvalue weighted by Gasteiger charge is -2.17. The van der Waals surface area contributed by atoms with E-state index in [2.05, 4.69) is 0 Å². The molecule has 0 unspecified atom stereocenters. The molecule has 148 valence electrons. The summed E-state index contributed by atoms with van der Waals surface area (Å²) in [4.78, 5) is 29.2. The molecular weight excluding hydrogens is 422 g/mol. The normalized spacial score (nSPS) is 11.1. The number of carbonyl (C=O) groups excluding carboxylic acids is 2. The summed E-state index contributed by atoms with van der Waals surface area (Å²) in [5.74, 6) is -1.65. The lowest BCUT2D eigenvalue weighted by atomic mass is 10.1. The minimum Gasteiger partial charge on any atom is -0.335 e. The summed E-state index contributed by atoms with van der Waals surface area (Å²) in [7, 11) is 1.28. The minimum absolute atomic E-state index is 0.117. The van der Waals surface area contributed by atoms with Crippen LogP contribution in [0.15, 0.2) is 24.3 Å². The van der Waals surface area contributed by atoms with E-state index in [0.717, 1.165) is 4.90 Å². The number of nitriles is 1. The number of benzene rings is 1. The molecule has 0 bridgehead atoms. The fraction of sp³-hybridized carbons (Fsp3) is 0.235. The molecule has 0 aliphatic carbocycles. The van der Waals surface area contributed by atoms with E-state index >= 15 is 0 Å². The Morgan fingerprint density at radius 1 is 1.25 bits per heavy atom. The van der Waals surface area contributed by atoms with Crippen molar-refractivity contribution in [3.05, 3.63) is 45.6 Å². The number of hydrogen-bond acceptors (Lipinski definition) is 4. The van der Waals surface area contributed by atoms with E-state index in [9.17, 15) is 28.0 Å². The van der Waals surface area contributed by atoms with Crippen LogP contribution in [0.25, 0.3) is 11.3 Å². The number of nitrogens with zero attached hydrogens (tertiary/aromatic N) is 3. The summed E-state index contributed by atoms with van der Waals surface area (Å²) in [6.45, 7) is 0.568. The van der Waals surface area contributed by atoms with E-state index < -0.39 is 40.9 Å². The minimum atomic E-state index is -5.03. The van der Waals surface area contributed by atoms with E-state index in [1.54, 1.807) is 6.07 Å². The van der Waals surface area contributed by atoms with E-state index in [0.29, 0.717) is 5.02 Å². The fourth-order valence-electron chi connectivity index (χ4n) is 2.26. The maximum absolute atomic E-state index is 13.6. The standard InChI is InChI=1S/C17H12Cl2F3N3O3/c1-9(26)24(2)8-13(27)28-25-15(10-3-5-11(18)6-4-10)12(7-23)14(19)16(25)17(20,21)22/h3-6H,8H2,1-2H3. The third-order valence-corrected chi connectivity index (χ3v) is 4.29. The van der Waals surface area contributed by atoms with Crippen LogP contribution in [0, 0.1) is 11.3 Å². The highest BCUT2D eigenvalue weighted by Crippen LogP contribution is 2.42. The zero-order valence-corrected chi connectivity index (χ0v) is 16.0. The first-order valence-electron chi connectivity index (χ1n) is 7.57. The Labute approximate surface area is 167 Å². The quantitative estimate of drug-likeness (QED) is 0.734. The van der Waals surface area contributed by atoms with Crippen LogP contribution in [0.2, 0.25) is 10.0 Å². The molecule has 1 amide bonds. The lowest BCUT2D eigenvalue weighted by molar-refractivity contribution is -0.161. The molecule has 28 heavy (non-hydrogen) atoms. The maximum Gasteiger partial charge on any atom is 0.436 e. The average Bonchev–Trinajstić information content (AvgIpc) is 2.86. The number of rotatable bonds is 4. The molecule has 2 aromatic rings. The van der Waals surface area contributed by atoms with Crippen LogP contribution in [0.4, 0.5) is 13.2 Å². The van der Waals surface area contributed by atoms with Gasteiger partial charge in [0.1, 0.15) is 23.9 Å². The molecule has 0 fully saturated rings. The smallest absolute Gasteiger partial charge is 0.335 e. The number of alkyl halides is 3. The monoisotopic (exact) mass is 433 g/mol. The van der Waals surface area contributed by atoms with Gasteiger partial charge in [-0.15, -0.1) is 0 Å². The second-order valence-electron chi connectivity index (χ2n) is 5.64. The van der Waals surface area contributed by atoms with Gasteiger partial charge in [-0.25, -0.2) is 4.79 Å². The van der Waals surface area contributed by atoms with Gasteiger partial charge in [-0.3, -0.25) is 4.79 Å². The molecule has 1 heterocycles. The third-order valence-electron chi connectivity index (χ3n) is 3.67. The molecule has 0 atom stereocenters. The van der Waals surface area contributed by atoms with Crippen molar-refractivity contribution in [3.8, 4) is 17.3 Å². The third kappa shape index (κ3) is 4.40. The topological polar surface area (TPSA) is 75.3 Å². The van der Waals surface area contributed by atoms with Crippen molar-refractivity contribution in [2.75, 3.05) is 13.6 Å². The molecule has 0 saturated heterocycles. The molecule has 1 aromatic heterocycles. The average molecular weight is 434 g/mol.